The third kappa shape index (κ3) is 3.52. The van der Waals surface area contributed by atoms with Gasteiger partial charge in [0.25, 0.3) is 0 Å². The summed E-state index contributed by atoms with van der Waals surface area (Å²) >= 11 is 1.58. The van der Waals surface area contributed by atoms with Crippen molar-refractivity contribution in [2.45, 2.75) is 9.79 Å². The van der Waals surface area contributed by atoms with Crippen LogP contribution in [0, 0.1) is 0 Å². The molecule has 3 aromatic rings. The van der Waals surface area contributed by atoms with Crippen LogP contribution >= 0.6 is 11.8 Å². The molecule has 0 aliphatic rings. The summed E-state index contributed by atoms with van der Waals surface area (Å²) in [5.74, 6) is 1.66. The van der Waals surface area contributed by atoms with E-state index in [1.54, 1.807) is 30.4 Å². The van der Waals surface area contributed by atoms with Crippen LogP contribution in [0.4, 0.5) is 5.82 Å². The molecule has 2 heterocycles. The Balaban J connectivity index is 1.83. The van der Waals surface area contributed by atoms with Gasteiger partial charge in [-0.1, -0.05) is 30.0 Å². The Morgan fingerprint density at radius 3 is 2.48 bits per heavy atom. The number of nitrogen functional groups attached to an aromatic ring is 1. The van der Waals surface area contributed by atoms with Crippen LogP contribution in [-0.2, 0) is 0 Å². The molecule has 0 fully saturated rings. The van der Waals surface area contributed by atoms with Gasteiger partial charge in [0.05, 0.1) is 0 Å². The van der Waals surface area contributed by atoms with Crippen LogP contribution in [0.1, 0.15) is 0 Å². The van der Waals surface area contributed by atoms with Crippen molar-refractivity contribution in [2.75, 3.05) is 5.73 Å². The molecule has 3 rings (SSSR count). The van der Waals surface area contributed by atoms with Gasteiger partial charge in [0.15, 0.2) is 11.6 Å². The standard InChI is InChI=1S/C16H13N3OS/c17-16-15(20-12-4-2-1-3-5-12)10-14(11-19-16)21-13-6-8-18-9-7-13/h1-11H,(H2,17,19). The number of nitrogens with two attached hydrogens (primary N) is 1. The van der Waals surface area contributed by atoms with E-state index in [9.17, 15) is 0 Å². The Hall–Kier alpha value is -2.53. The largest absolute Gasteiger partial charge is 0.453 e. The third-order valence-electron chi connectivity index (χ3n) is 2.71. The van der Waals surface area contributed by atoms with Crippen LogP contribution in [0.3, 0.4) is 0 Å². The third-order valence-corrected chi connectivity index (χ3v) is 3.68. The molecule has 0 aliphatic carbocycles. The molecule has 0 saturated heterocycles. The highest BCUT2D eigenvalue weighted by atomic mass is 32.2. The highest BCUT2D eigenvalue weighted by Gasteiger charge is 2.06. The maximum atomic E-state index is 5.88. The molecule has 0 amide bonds. The van der Waals surface area contributed by atoms with E-state index in [0.717, 1.165) is 15.5 Å². The van der Waals surface area contributed by atoms with E-state index >= 15 is 0 Å². The summed E-state index contributed by atoms with van der Waals surface area (Å²) in [5, 5.41) is 0. The van der Waals surface area contributed by atoms with Crippen LogP contribution in [0.2, 0.25) is 0 Å². The highest BCUT2D eigenvalue weighted by molar-refractivity contribution is 7.99. The van der Waals surface area contributed by atoms with Gasteiger partial charge in [0, 0.05) is 34.4 Å². The van der Waals surface area contributed by atoms with Crippen LogP contribution in [0.5, 0.6) is 11.5 Å². The Bertz CT molecular complexity index is 720. The summed E-state index contributed by atoms with van der Waals surface area (Å²) in [5.41, 5.74) is 5.88. The monoisotopic (exact) mass is 295 g/mol. The van der Waals surface area contributed by atoms with Crippen molar-refractivity contribution in [3.05, 3.63) is 67.1 Å². The Labute approximate surface area is 127 Å². The van der Waals surface area contributed by atoms with Gasteiger partial charge in [0.2, 0.25) is 0 Å². The zero-order valence-corrected chi connectivity index (χ0v) is 12.0. The molecule has 4 nitrogen and oxygen atoms in total. The zero-order valence-electron chi connectivity index (χ0n) is 11.1. The topological polar surface area (TPSA) is 61.0 Å². The lowest BCUT2D eigenvalue weighted by molar-refractivity contribution is 0.481. The summed E-state index contributed by atoms with van der Waals surface area (Å²) in [7, 11) is 0. The van der Waals surface area contributed by atoms with Gasteiger partial charge in [-0.25, -0.2) is 4.98 Å². The van der Waals surface area contributed by atoms with Crippen molar-refractivity contribution in [3.8, 4) is 11.5 Å². The first-order valence-electron chi connectivity index (χ1n) is 6.37. The lowest BCUT2D eigenvalue weighted by atomic mass is 10.3. The average Bonchev–Trinajstić information content (AvgIpc) is 2.53. The van der Waals surface area contributed by atoms with E-state index in [4.69, 9.17) is 10.5 Å². The second kappa shape index (κ2) is 6.28. The minimum Gasteiger partial charge on any atom is -0.453 e. The number of nitrogens with zero attached hydrogens (tertiary/aromatic N) is 2. The fraction of sp³-hybridized carbons (Fsp3) is 0. The maximum absolute atomic E-state index is 5.88. The van der Waals surface area contributed by atoms with Crippen molar-refractivity contribution in [2.24, 2.45) is 0 Å². The number of benzene rings is 1. The quantitative estimate of drug-likeness (QED) is 0.788. The Morgan fingerprint density at radius 2 is 1.71 bits per heavy atom. The number of para-hydroxylation sites is 1. The number of hydrogen-bond donors (Lipinski definition) is 1. The normalized spacial score (nSPS) is 10.3. The van der Waals surface area contributed by atoms with E-state index in [2.05, 4.69) is 9.97 Å². The predicted molar refractivity (Wildman–Crippen MR) is 83.5 cm³/mol. The summed E-state index contributed by atoms with van der Waals surface area (Å²) in [6, 6.07) is 15.3. The second-order valence-corrected chi connectivity index (χ2v) is 5.40. The van der Waals surface area contributed by atoms with Crippen LogP contribution in [0.25, 0.3) is 0 Å². The molecular weight excluding hydrogens is 282 g/mol. The van der Waals surface area contributed by atoms with Crippen molar-refractivity contribution in [1.29, 1.82) is 0 Å². The number of rotatable bonds is 4. The molecule has 2 aromatic heterocycles. The lowest BCUT2D eigenvalue weighted by Gasteiger charge is -2.09. The van der Waals surface area contributed by atoms with Gasteiger partial charge in [-0.3, -0.25) is 4.98 Å². The van der Waals surface area contributed by atoms with Crippen molar-refractivity contribution >= 4 is 17.6 Å². The van der Waals surface area contributed by atoms with Gasteiger partial charge in [-0.2, -0.15) is 0 Å². The van der Waals surface area contributed by atoms with Gasteiger partial charge in [-0.05, 0) is 24.3 Å². The first-order valence-corrected chi connectivity index (χ1v) is 7.19. The van der Waals surface area contributed by atoms with Gasteiger partial charge < -0.3 is 10.5 Å². The molecule has 0 aliphatic heterocycles. The molecule has 2 N–H and O–H groups in total. The maximum Gasteiger partial charge on any atom is 0.170 e. The zero-order chi connectivity index (χ0) is 14.5. The number of anilines is 1. The highest BCUT2D eigenvalue weighted by Crippen LogP contribution is 2.33. The summed E-state index contributed by atoms with van der Waals surface area (Å²) in [6.45, 7) is 0. The minimum atomic E-state index is 0.373. The summed E-state index contributed by atoms with van der Waals surface area (Å²) < 4.78 is 5.77. The fourth-order valence-electron chi connectivity index (χ4n) is 1.73. The van der Waals surface area contributed by atoms with Gasteiger partial charge in [-0.15, -0.1) is 0 Å². The van der Waals surface area contributed by atoms with E-state index in [0.29, 0.717) is 11.6 Å². The number of aromatic nitrogens is 2. The minimum absolute atomic E-state index is 0.373. The molecule has 104 valence electrons. The number of pyridine rings is 2. The Kier molecular flexibility index (Phi) is 4.02. The molecule has 5 heteroatoms. The Morgan fingerprint density at radius 1 is 0.952 bits per heavy atom. The van der Waals surface area contributed by atoms with Crippen molar-refractivity contribution in [1.82, 2.24) is 9.97 Å². The summed E-state index contributed by atoms with van der Waals surface area (Å²) in [6.07, 6.45) is 5.25. The molecule has 0 unspecified atom stereocenters. The number of ether oxygens (including phenoxy) is 1. The van der Waals surface area contributed by atoms with Crippen LogP contribution in [0.15, 0.2) is 76.9 Å². The molecule has 1 aromatic carbocycles. The molecule has 0 saturated carbocycles. The van der Waals surface area contributed by atoms with Crippen molar-refractivity contribution < 1.29 is 4.74 Å². The molecule has 21 heavy (non-hydrogen) atoms. The molecular formula is C16H13N3OS. The average molecular weight is 295 g/mol. The first kappa shape index (κ1) is 13.5. The van der Waals surface area contributed by atoms with E-state index in [1.807, 2.05) is 48.5 Å². The van der Waals surface area contributed by atoms with E-state index in [1.165, 1.54) is 0 Å². The number of hydrogen-bond acceptors (Lipinski definition) is 5. The second-order valence-electron chi connectivity index (χ2n) is 4.25. The van der Waals surface area contributed by atoms with Gasteiger partial charge >= 0.3 is 0 Å². The van der Waals surface area contributed by atoms with Crippen LogP contribution < -0.4 is 10.5 Å². The molecule has 0 bridgehead atoms. The predicted octanol–water partition coefficient (Wildman–Crippen LogP) is 4.00. The lowest BCUT2D eigenvalue weighted by Crippen LogP contribution is -1.95. The first-order chi connectivity index (χ1) is 10.3. The fourth-order valence-corrected chi connectivity index (χ4v) is 2.53. The van der Waals surface area contributed by atoms with Crippen LogP contribution in [-0.4, -0.2) is 9.97 Å². The smallest absolute Gasteiger partial charge is 0.170 e. The van der Waals surface area contributed by atoms with Gasteiger partial charge in [0.1, 0.15) is 5.75 Å². The SMILES string of the molecule is Nc1ncc(Sc2ccncc2)cc1Oc1ccccc1. The molecule has 0 spiro atoms. The van der Waals surface area contributed by atoms with E-state index in [-0.39, 0.29) is 0 Å². The molecule has 0 radical (unpaired) electrons. The van der Waals surface area contributed by atoms with E-state index < -0.39 is 0 Å². The van der Waals surface area contributed by atoms with Crippen molar-refractivity contribution in [3.63, 3.8) is 0 Å². The summed E-state index contributed by atoms with van der Waals surface area (Å²) in [4.78, 5) is 10.2. The molecule has 0 atom stereocenters.